The molecule has 0 bridgehead atoms. The number of nitrogens with one attached hydrogen (secondary N) is 1. The lowest BCUT2D eigenvalue weighted by molar-refractivity contribution is -0.127. The summed E-state index contributed by atoms with van der Waals surface area (Å²) in [7, 11) is 0. The molecule has 120 valence electrons. The molecular weight excluding hydrogens is 292 g/mol. The van der Waals surface area contributed by atoms with E-state index in [1.54, 1.807) is 24.3 Å². The highest BCUT2D eigenvalue weighted by Crippen LogP contribution is 2.07. The number of nitrogens with two attached hydrogens (primary N) is 1. The number of benzene rings is 2. The maximum atomic E-state index is 12.1. The summed E-state index contributed by atoms with van der Waals surface area (Å²) in [6.45, 7) is 0.0197. The minimum atomic E-state index is -1.36. The third-order valence-corrected chi connectivity index (χ3v) is 3.59. The Kier molecular flexibility index (Phi) is 6.02. The number of carbonyl (C=O) groups is 2. The number of Topliss-reactive ketones (excluding diaryl/α,β-unsaturated/α-hetero) is 1. The van der Waals surface area contributed by atoms with E-state index in [2.05, 4.69) is 5.32 Å². The Morgan fingerprint density at radius 1 is 1.00 bits per heavy atom. The number of carbonyl (C=O) groups excluding carboxylic acids is 2. The topological polar surface area (TPSA) is 92.4 Å². The van der Waals surface area contributed by atoms with Gasteiger partial charge in [-0.2, -0.15) is 0 Å². The monoisotopic (exact) mass is 312 g/mol. The first-order valence-corrected chi connectivity index (χ1v) is 7.41. The van der Waals surface area contributed by atoms with Gasteiger partial charge in [0.2, 0.25) is 5.91 Å². The summed E-state index contributed by atoms with van der Waals surface area (Å²) in [4.78, 5) is 23.4. The van der Waals surface area contributed by atoms with Crippen LogP contribution in [0.5, 0.6) is 0 Å². The van der Waals surface area contributed by atoms with E-state index in [0.29, 0.717) is 12.0 Å². The molecule has 0 saturated carbocycles. The number of hydrogen-bond donors (Lipinski definition) is 3. The molecule has 0 unspecified atom stereocenters. The fourth-order valence-corrected chi connectivity index (χ4v) is 2.31. The van der Waals surface area contributed by atoms with Gasteiger partial charge in [0, 0.05) is 11.6 Å². The second kappa shape index (κ2) is 8.22. The van der Waals surface area contributed by atoms with Gasteiger partial charge < -0.3 is 16.2 Å². The lowest BCUT2D eigenvalue weighted by Gasteiger charge is -2.22. The molecule has 4 N–H and O–H groups in total. The van der Waals surface area contributed by atoms with Gasteiger partial charge in [0.05, 0.1) is 6.54 Å². The van der Waals surface area contributed by atoms with Crippen LogP contribution < -0.4 is 11.1 Å². The normalized spacial score (nSPS) is 13.3. The van der Waals surface area contributed by atoms with Gasteiger partial charge >= 0.3 is 0 Å². The van der Waals surface area contributed by atoms with Crippen LogP contribution in [0.3, 0.4) is 0 Å². The minimum Gasteiger partial charge on any atom is -0.382 e. The Morgan fingerprint density at radius 3 is 2.13 bits per heavy atom. The van der Waals surface area contributed by atoms with E-state index in [1.165, 1.54) is 0 Å². The second-order valence-electron chi connectivity index (χ2n) is 5.31. The number of rotatable bonds is 8. The number of hydrogen-bond acceptors (Lipinski definition) is 4. The van der Waals surface area contributed by atoms with Gasteiger partial charge in [-0.1, -0.05) is 60.7 Å². The summed E-state index contributed by atoms with van der Waals surface area (Å²) in [6.07, 6.45) is -0.966. The first kappa shape index (κ1) is 16.9. The highest BCUT2D eigenvalue weighted by atomic mass is 16.3. The van der Waals surface area contributed by atoms with Crippen molar-refractivity contribution in [3.63, 3.8) is 0 Å². The molecule has 2 atom stereocenters. The molecule has 2 aromatic carbocycles. The summed E-state index contributed by atoms with van der Waals surface area (Å²) >= 11 is 0. The average Bonchev–Trinajstić information content (AvgIpc) is 2.59. The SMILES string of the molecule is NC(=O)[C@@H](O)[C@H](Cc1ccccc1)NCC(=O)c1ccccc1. The quantitative estimate of drug-likeness (QED) is 0.632. The zero-order chi connectivity index (χ0) is 16.7. The van der Waals surface area contributed by atoms with Crippen LogP contribution in [0, 0.1) is 0 Å². The predicted molar refractivity (Wildman–Crippen MR) is 87.9 cm³/mol. The average molecular weight is 312 g/mol. The molecule has 0 aromatic heterocycles. The lowest BCUT2D eigenvalue weighted by Crippen LogP contribution is -2.49. The van der Waals surface area contributed by atoms with E-state index in [0.717, 1.165) is 5.56 Å². The van der Waals surface area contributed by atoms with Crippen LogP contribution in [-0.2, 0) is 11.2 Å². The Balaban J connectivity index is 2.03. The first-order chi connectivity index (χ1) is 11.1. The summed E-state index contributed by atoms with van der Waals surface area (Å²) in [6, 6.07) is 17.6. The maximum Gasteiger partial charge on any atom is 0.247 e. The van der Waals surface area contributed by atoms with Crippen molar-refractivity contribution in [1.29, 1.82) is 0 Å². The van der Waals surface area contributed by atoms with E-state index in [9.17, 15) is 14.7 Å². The van der Waals surface area contributed by atoms with Gasteiger partial charge in [-0.25, -0.2) is 0 Å². The maximum absolute atomic E-state index is 12.1. The molecule has 0 spiro atoms. The van der Waals surface area contributed by atoms with Crippen molar-refractivity contribution in [2.45, 2.75) is 18.6 Å². The van der Waals surface area contributed by atoms with Crippen LogP contribution >= 0.6 is 0 Å². The summed E-state index contributed by atoms with van der Waals surface area (Å²) < 4.78 is 0. The Hall–Kier alpha value is -2.50. The van der Waals surface area contributed by atoms with Crippen LogP contribution in [0.1, 0.15) is 15.9 Å². The highest BCUT2D eigenvalue weighted by molar-refractivity contribution is 5.97. The van der Waals surface area contributed by atoms with Crippen LogP contribution in [0.15, 0.2) is 60.7 Å². The van der Waals surface area contributed by atoms with Crippen molar-refractivity contribution < 1.29 is 14.7 Å². The molecule has 0 aliphatic rings. The fourth-order valence-electron chi connectivity index (χ4n) is 2.31. The second-order valence-corrected chi connectivity index (χ2v) is 5.31. The molecule has 0 aliphatic carbocycles. The van der Waals surface area contributed by atoms with Crippen molar-refractivity contribution >= 4 is 11.7 Å². The number of primary amides is 1. The smallest absolute Gasteiger partial charge is 0.247 e. The molecule has 1 amide bonds. The van der Waals surface area contributed by atoms with E-state index in [1.807, 2.05) is 36.4 Å². The number of aliphatic hydroxyl groups excluding tert-OH is 1. The number of ketones is 1. The Morgan fingerprint density at radius 2 is 1.57 bits per heavy atom. The van der Waals surface area contributed by atoms with Gasteiger partial charge in [0.1, 0.15) is 6.10 Å². The van der Waals surface area contributed by atoms with Gasteiger partial charge in [-0.15, -0.1) is 0 Å². The molecule has 0 saturated heterocycles. The van der Waals surface area contributed by atoms with Gasteiger partial charge in [0.25, 0.3) is 0 Å². The standard InChI is InChI=1S/C18H20N2O3/c19-18(23)17(22)15(11-13-7-3-1-4-8-13)20-12-16(21)14-9-5-2-6-10-14/h1-10,15,17,20,22H,11-12H2,(H2,19,23)/t15-,17-/m0/s1. The van der Waals surface area contributed by atoms with Crippen molar-refractivity contribution in [2.24, 2.45) is 5.73 Å². The van der Waals surface area contributed by atoms with Crippen LogP contribution in [0.2, 0.25) is 0 Å². The third kappa shape index (κ3) is 5.02. The summed E-state index contributed by atoms with van der Waals surface area (Å²) in [5, 5.41) is 12.9. The van der Waals surface area contributed by atoms with E-state index in [-0.39, 0.29) is 12.3 Å². The molecule has 0 fully saturated rings. The van der Waals surface area contributed by atoms with Crippen molar-refractivity contribution in [3.05, 3.63) is 71.8 Å². The molecular formula is C18H20N2O3. The van der Waals surface area contributed by atoms with Crippen molar-refractivity contribution in [1.82, 2.24) is 5.32 Å². The molecule has 0 heterocycles. The largest absolute Gasteiger partial charge is 0.382 e. The summed E-state index contributed by atoms with van der Waals surface area (Å²) in [5.41, 5.74) is 6.71. The molecule has 5 heteroatoms. The molecule has 2 aromatic rings. The van der Waals surface area contributed by atoms with E-state index in [4.69, 9.17) is 5.73 Å². The van der Waals surface area contributed by atoms with E-state index < -0.39 is 18.1 Å². The van der Waals surface area contributed by atoms with Gasteiger partial charge in [-0.05, 0) is 12.0 Å². The Labute approximate surface area is 135 Å². The van der Waals surface area contributed by atoms with Crippen LogP contribution in [-0.4, -0.2) is 35.5 Å². The minimum absolute atomic E-state index is 0.0197. The molecule has 0 aliphatic heterocycles. The Bertz CT molecular complexity index is 644. The lowest BCUT2D eigenvalue weighted by atomic mass is 10.0. The van der Waals surface area contributed by atoms with Gasteiger partial charge in [0.15, 0.2) is 5.78 Å². The highest BCUT2D eigenvalue weighted by Gasteiger charge is 2.24. The van der Waals surface area contributed by atoms with Crippen molar-refractivity contribution in [2.75, 3.05) is 6.54 Å². The summed E-state index contributed by atoms with van der Waals surface area (Å²) in [5.74, 6) is -0.925. The van der Waals surface area contributed by atoms with Gasteiger partial charge in [-0.3, -0.25) is 9.59 Å². The van der Waals surface area contributed by atoms with Crippen LogP contribution in [0.25, 0.3) is 0 Å². The van der Waals surface area contributed by atoms with E-state index >= 15 is 0 Å². The zero-order valence-electron chi connectivity index (χ0n) is 12.7. The molecule has 2 rings (SSSR count). The van der Waals surface area contributed by atoms with Crippen molar-refractivity contribution in [3.8, 4) is 0 Å². The first-order valence-electron chi connectivity index (χ1n) is 7.41. The predicted octanol–water partition coefficient (Wildman–Crippen LogP) is 0.916. The third-order valence-electron chi connectivity index (χ3n) is 3.59. The molecule has 23 heavy (non-hydrogen) atoms. The molecule has 0 radical (unpaired) electrons. The number of amides is 1. The van der Waals surface area contributed by atoms with Crippen LogP contribution in [0.4, 0.5) is 0 Å². The fraction of sp³-hybridized carbons (Fsp3) is 0.222. The zero-order valence-corrected chi connectivity index (χ0v) is 12.7. The molecule has 5 nitrogen and oxygen atoms in total. The number of aliphatic hydroxyl groups is 1.